The van der Waals surface area contributed by atoms with E-state index in [1.165, 1.54) is 19.3 Å². The topological polar surface area (TPSA) is 26.3 Å². The fourth-order valence-corrected chi connectivity index (χ4v) is 4.21. The zero-order valence-electron chi connectivity index (χ0n) is 11.8. The monoisotopic (exact) mass is 288 g/mol. The first-order chi connectivity index (χ1) is 9.81. The standard InChI is InChI=1S/C17H20O2S/c1-19-16(12-6-3-2-4-7-12)15(18)14-9-5-8-13-10-11-20-17(13)14/h5,8-12,16H,2-4,6-7H2,1H3. The molecule has 0 spiro atoms. The van der Waals surface area contributed by atoms with Crippen LogP contribution in [0.25, 0.3) is 10.1 Å². The highest BCUT2D eigenvalue weighted by Gasteiger charge is 2.31. The summed E-state index contributed by atoms with van der Waals surface area (Å²) < 4.78 is 6.68. The summed E-state index contributed by atoms with van der Waals surface area (Å²) in [5.74, 6) is 0.545. The van der Waals surface area contributed by atoms with Crippen molar-refractivity contribution >= 4 is 27.2 Å². The van der Waals surface area contributed by atoms with Crippen molar-refractivity contribution in [1.82, 2.24) is 0 Å². The summed E-state index contributed by atoms with van der Waals surface area (Å²) in [6.45, 7) is 0. The van der Waals surface area contributed by atoms with Crippen molar-refractivity contribution in [2.24, 2.45) is 5.92 Å². The Morgan fingerprint density at radius 3 is 2.80 bits per heavy atom. The third-order valence-corrected chi connectivity index (χ3v) is 5.30. The molecule has 1 aromatic carbocycles. The molecule has 1 saturated carbocycles. The molecule has 0 amide bonds. The van der Waals surface area contributed by atoms with Crippen molar-refractivity contribution < 1.29 is 9.53 Å². The second-order valence-corrected chi connectivity index (χ2v) is 6.48. The number of methoxy groups -OCH3 is 1. The Balaban J connectivity index is 1.91. The van der Waals surface area contributed by atoms with Gasteiger partial charge in [0.1, 0.15) is 6.10 Å². The van der Waals surface area contributed by atoms with Crippen LogP contribution in [0.5, 0.6) is 0 Å². The maximum absolute atomic E-state index is 12.9. The van der Waals surface area contributed by atoms with E-state index in [0.717, 1.165) is 28.5 Å². The number of rotatable bonds is 4. The quantitative estimate of drug-likeness (QED) is 0.764. The predicted octanol–water partition coefficient (Wildman–Crippen LogP) is 4.68. The van der Waals surface area contributed by atoms with Gasteiger partial charge >= 0.3 is 0 Å². The van der Waals surface area contributed by atoms with Gasteiger partial charge < -0.3 is 4.74 Å². The summed E-state index contributed by atoms with van der Waals surface area (Å²) in [5, 5.41) is 3.20. The Kier molecular flexibility index (Phi) is 4.18. The molecule has 1 aromatic heterocycles. The van der Waals surface area contributed by atoms with Gasteiger partial charge in [0, 0.05) is 17.4 Å². The van der Waals surface area contributed by atoms with Gasteiger partial charge in [0.25, 0.3) is 0 Å². The third kappa shape index (κ3) is 2.52. The molecule has 1 atom stereocenters. The minimum absolute atomic E-state index is 0.160. The van der Waals surface area contributed by atoms with Crippen molar-refractivity contribution in [3.05, 3.63) is 35.2 Å². The maximum Gasteiger partial charge on any atom is 0.193 e. The fraction of sp³-hybridized carbons (Fsp3) is 0.471. The molecule has 2 nitrogen and oxygen atoms in total. The van der Waals surface area contributed by atoms with Crippen molar-refractivity contribution in [1.29, 1.82) is 0 Å². The van der Waals surface area contributed by atoms with E-state index in [0.29, 0.717) is 5.92 Å². The Hall–Kier alpha value is -1.19. The lowest BCUT2D eigenvalue weighted by Crippen LogP contribution is -2.33. The Morgan fingerprint density at radius 1 is 1.25 bits per heavy atom. The van der Waals surface area contributed by atoms with Gasteiger partial charge in [-0.1, -0.05) is 31.4 Å². The molecule has 0 aliphatic heterocycles. The molecule has 0 saturated heterocycles. The largest absolute Gasteiger partial charge is 0.373 e. The number of ketones is 1. The molecule has 1 fully saturated rings. The molecule has 20 heavy (non-hydrogen) atoms. The third-order valence-electron chi connectivity index (χ3n) is 4.33. The second-order valence-electron chi connectivity index (χ2n) is 5.56. The lowest BCUT2D eigenvalue weighted by Gasteiger charge is -2.28. The molecule has 1 heterocycles. The molecule has 106 valence electrons. The summed E-state index contributed by atoms with van der Waals surface area (Å²) in [4.78, 5) is 12.9. The highest BCUT2D eigenvalue weighted by molar-refractivity contribution is 7.17. The zero-order chi connectivity index (χ0) is 13.9. The van der Waals surface area contributed by atoms with Gasteiger partial charge in [0.2, 0.25) is 0 Å². The van der Waals surface area contributed by atoms with E-state index < -0.39 is 0 Å². The SMILES string of the molecule is COC(C(=O)c1cccc2ccsc12)C1CCCCC1. The van der Waals surface area contributed by atoms with Crippen molar-refractivity contribution in [2.45, 2.75) is 38.2 Å². The first-order valence-electron chi connectivity index (χ1n) is 7.34. The number of ether oxygens (including phenoxy) is 1. The molecule has 0 bridgehead atoms. The number of fused-ring (bicyclic) bond motifs is 1. The normalized spacial score (nSPS) is 18.2. The number of Topliss-reactive ketones (excluding diaryl/α,β-unsaturated/α-hetero) is 1. The highest BCUT2D eigenvalue weighted by atomic mass is 32.1. The van der Waals surface area contributed by atoms with E-state index in [1.54, 1.807) is 18.4 Å². The molecular formula is C17H20O2S. The summed E-state index contributed by atoms with van der Waals surface area (Å²) in [6, 6.07) is 8.04. The van der Waals surface area contributed by atoms with Crippen molar-refractivity contribution in [3.63, 3.8) is 0 Å². The van der Waals surface area contributed by atoms with Gasteiger partial charge in [-0.2, -0.15) is 0 Å². The number of hydrogen-bond donors (Lipinski definition) is 0. The number of benzene rings is 1. The lowest BCUT2D eigenvalue weighted by atomic mass is 9.82. The van der Waals surface area contributed by atoms with E-state index in [1.807, 2.05) is 17.5 Å². The lowest BCUT2D eigenvalue weighted by molar-refractivity contribution is 0.0316. The molecule has 0 radical (unpaired) electrons. The summed E-state index contributed by atoms with van der Waals surface area (Å²) in [5.41, 5.74) is 0.829. The van der Waals surface area contributed by atoms with E-state index >= 15 is 0 Å². The van der Waals surface area contributed by atoms with Crippen LogP contribution < -0.4 is 0 Å². The predicted molar refractivity (Wildman–Crippen MR) is 83.5 cm³/mol. The molecule has 3 heteroatoms. The Bertz CT molecular complexity index is 596. The van der Waals surface area contributed by atoms with Crippen LogP contribution in [0.15, 0.2) is 29.6 Å². The Labute approximate surface area is 123 Å². The molecule has 1 aliphatic carbocycles. The Morgan fingerprint density at radius 2 is 2.05 bits per heavy atom. The molecule has 0 N–H and O–H groups in total. The molecule has 1 aliphatic rings. The average Bonchev–Trinajstić information content (AvgIpc) is 2.97. The van der Waals surface area contributed by atoms with Crippen molar-refractivity contribution in [3.8, 4) is 0 Å². The smallest absolute Gasteiger partial charge is 0.193 e. The summed E-state index contributed by atoms with van der Waals surface area (Å²) in [7, 11) is 1.67. The van der Waals surface area contributed by atoms with Crippen LogP contribution in [-0.2, 0) is 4.74 Å². The summed E-state index contributed by atoms with van der Waals surface area (Å²) >= 11 is 1.64. The molecule has 1 unspecified atom stereocenters. The molecular weight excluding hydrogens is 268 g/mol. The van der Waals surface area contributed by atoms with Crippen LogP contribution in [0.2, 0.25) is 0 Å². The summed E-state index contributed by atoms with van der Waals surface area (Å²) in [6.07, 6.45) is 5.70. The van der Waals surface area contributed by atoms with E-state index in [4.69, 9.17) is 4.74 Å². The molecule has 2 aromatic rings. The van der Waals surface area contributed by atoms with Crippen LogP contribution >= 0.6 is 11.3 Å². The van der Waals surface area contributed by atoms with E-state index in [-0.39, 0.29) is 11.9 Å². The average molecular weight is 288 g/mol. The van der Waals surface area contributed by atoms with Gasteiger partial charge in [0.15, 0.2) is 5.78 Å². The van der Waals surface area contributed by atoms with Gasteiger partial charge in [-0.15, -0.1) is 11.3 Å². The minimum atomic E-state index is -0.275. The van der Waals surface area contributed by atoms with E-state index in [2.05, 4.69) is 12.1 Å². The number of hydrogen-bond acceptors (Lipinski definition) is 3. The van der Waals surface area contributed by atoms with Gasteiger partial charge in [-0.05, 0) is 41.7 Å². The van der Waals surface area contributed by atoms with Crippen LogP contribution in [0, 0.1) is 5.92 Å². The molecule has 3 rings (SSSR count). The number of carbonyl (C=O) groups is 1. The second kappa shape index (κ2) is 6.06. The van der Waals surface area contributed by atoms with Gasteiger partial charge in [-0.25, -0.2) is 0 Å². The first-order valence-corrected chi connectivity index (χ1v) is 8.22. The van der Waals surface area contributed by atoms with Crippen LogP contribution in [-0.4, -0.2) is 19.0 Å². The van der Waals surface area contributed by atoms with Crippen LogP contribution in [0.1, 0.15) is 42.5 Å². The van der Waals surface area contributed by atoms with Gasteiger partial charge in [0.05, 0.1) is 0 Å². The van der Waals surface area contributed by atoms with Crippen molar-refractivity contribution in [2.75, 3.05) is 7.11 Å². The van der Waals surface area contributed by atoms with E-state index in [9.17, 15) is 4.79 Å². The first kappa shape index (κ1) is 13.8. The van der Waals surface area contributed by atoms with Gasteiger partial charge in [-0.3, -0.25) is 4.79 Å². The number of thiophene rings is 1. The minimum Gasteiger partial charge on any atom is -0.373 e. The number of carbonyl (C=O) groups excluding carboxylic acids is 1. The fourth-order valence-electron chi connectivity index (χ4n) is 3.29. The maximum atomic E-state index is 12.9. The van der Waals surface area contributed by atoms with Crippen LogP contribution in [0.4, 0.5) is 0 Å². The highest BCUT2D eigenvalue weighted by Crippen LogP contribution is 2.32. The van der Waals surface area contributed by atoms with Crippen LogP contribution in [0.3, 0.4) is 0 Å². The zero-order valence-corrected chi connectivity index (χ0v) is 12.6.